The average Bonchev–Trinajstić information content (AvgIpc) is 3.26. The number of aromatic nitrogens is 2. The maximum absolute atomic E-state index is 12.9. The van der Waals surface area contributed by atoms with Crippen LogP contribution in [-0.2, 0) is 22.8 Å². The fourth-order valence-electron chi connectivity index (χ4n) is 3.74. The van der Waals surface area contributed by atoms with Crippen LogP contribution in [0, 0.1) is 11.3 Å². The van der Waals surface area contributed by atoms with E-state index in [1.807, 2.05) is 18.0 Å². The number of likely N-dealkylation sites (tertiary alicyclic amines) is 1. The van der Waals surface area contributed by atoms with Crippen molar-refractivity contribution in [1.29, 1.82) is 0 Å². The van der Waals surface area contributed by atoms with E-state index in [0.717, 1.165) is 35.7 Å². The molecule has 0 amide bonds. The van der Waals surface area contributed by atoms with E-state index in [9.17, 15) is 8.42 Å². The van der Waals surface area contributed by atoms with E-state index in [2.05, 4.69) is 25.3 Å². The van der Waals surface area contributed by atoms with Gasteiger partial charge in [0, 0.05) is 26.1 Å². The third-order valence-corrected chi connectivity index (χ3v) is 7.51. The molecule has 0 unspecified atom stereocenters. The molecule has 0 bridgehead atoms. The first-order valence-corrected chi connectivity index (χ1v) is 11.1. The number of fused-ring (bicyclic) bond motifs is 1. The molecule has 0 spiro atoms. The molecule has 2 fully saturated rings. The fourth-order valence-corrected chi connectivity index (χ4v) is 5.56. The molecule has 2 aliphatic rings. The first-order chi connectivity index (χ1) is 12.1. The molecule has 26 heavy (non-hydrogen) atoms. The van der Waals surface area contributed by atoms with Crippen LogP contribution in [-0.4, -0.2) is 48.3 Å². The first-order valence-electron chi connectivity index (χ1n) is 9.55. The molecule has 2 aromatic rings. The summed E-state index contributed by atoms with van der Waals surface area (Å²) in [5.41, 5.74) is 2.04. The number of nitrogens with zero attached hydrogens (tertiary/aromatic N) is 3. The molecule has 2 heterocycles. The second kappa shape index (κ2) is 6.06. The Hall–Kier alpha value is -1.40. The van der Waals surface area contributed by atoms with Crippen molar-refractivity contribution in [2.75, 3.05) is 20.1 Å². The van der Waals surface area contributed by atoms with Crippen molar-refractivity contribution >= 4 is 20.9 Å². The molecule has 1 aromatic carbocycles. The van der Waals surface area contributed by atoms with Gasteiger partial charge < -0.3 is 9.47 Å². The molecule has 0 N–H and O–H groups in total. The first kappa shape index (κ1) is 18.0. The lowest BCUT2D eigenvalue weighted by Gasteiger charge is -2.35. The minimum atomic E-state index is -3.27. The zero-order valence-electron chi connectivity index (χ0n) is 16.2. The van der Waals surface area contributed by atoms with E-state index < -0.39 is 9.84 Å². The van der Waals surface area contributed by atoms with E-state index in [-0.39, 0.29) is 10.7 Å². The number of hydrogen-bond acceptors (Lipinski definition) is 4. The smallest absolute Gasteiger partial charge is 0.183 e. The minimum absolute atomic E-state index is 0.147. The lowest BCUT2D eigenvalue weighted by atomic mass is 9.92. The Morgan fingerprint density at radius 3 is 2.46 bits per heavy atom. The van der Waals surface area contributed by atoms with Crippen LogP contribution in [0.25, 0.3) is 11.0 Å². The summed E-state index contributed by atoms with van der Waals surface area (Å²) in [5, 5.41) is -0.285. The van der Waals surface area contributed by atoms with Gasteiger partial charge in [-0.2, -0.15) is 0 Å². The van der Waals surface area contributed by atoms with Gasteiger partial charge in [0.25, 0.3) is 0 Å². The molecule has 6 heteroatoms. The number of hydrogen-bond donors (Lipinski definition) is 0. The maximum Gasteiger partial charge on any atom is 0.183 e. The summed E-state index contributed by atoms with van der Waals surface area (Å²) in [6, 6.07) is 5.53. The Morgan fingerprint density at radius 2 is 1.88 bits per heavy atom. The summed E-state index contributed by atoms with van der Waals surface area (Å²) in [7, 11) is -1.32. The molecule has 1 aromatic heterocycles. The van der Waals surface area contributed by atoms with Gasteiger partial charge in [0.15, 0.2) is 9.84 Å². The molecule has 1 aliphatic carbocycles. The van der Waals surface area contributed by atoms with Gasteiger partial charge in [0.05, 0.1) is 21.2 Å². The molecule has 1 saturated heterocycles. The second-order valence-electron chi connectivity index (χ2n) is 9.36. The van der Waals surface area contributed by atoms with Crippen molar-refractivity contribution in [3.8, 4) is 0 Å². The summed E-state index contributed by atoms with van der Waals surface area (Å²) in [6.45, 7) is 8.89. The lowest BCUT2D eigenvalue weighted by Crippen LogP contribution is -2.52. The van der Waals surface area contributed by atoms with E-state index in [1.54, 1.807) is 12.1 Å². The van der Waals surface area contributed by atoms with E-state index in [1.165, 1.54) is 12.8 Å². The molecule has 1 aliphatic heterocycles. The van der Waals surface area contributed by atoms with Crippen molar-refractivity contribution < 1.29 is 8.42 Å². The summed E-state index contributed by atoms with van der Waals surface area (Å²) >= 11 is 0. The third kappa shape index (κ3) is 3.41. The Morgan fingerprint density at radius 1 is 1.19 bits per heavy atom. The average molecular weight is 376 g/mol. The highest BCUT2D eigenvalue weighted by molar-refractivity contribution is 7.92. The van der Waals surface area contributed by atoms with Gasteiger partial charge in [-0.15, -0.1) is 0 Å². The van der Waals surface area contributed by atoms with E-state index in [0.29, 0.717) is 18.0 Å². The Bertz CT molecular complexity index is 930. The van der Waals surface area contributed by atoms with Gasteiger partial charge in [0.2, 0.25) is 0 Å². The van der Waals surface area contributed by atoms with Crippen molar-refractivity contribution in [3.63, 3.8) is 0 Å². The zero-order valence-corrected chi connectivity index (χ0v) is 17.0. The zero-order chi connectivity index (χ0) is 18.7. The SMILES string of the molecule is CN1CC(S(=O)(=O)c2ccc3c(c2)nc(CC(C)(C)C)n3CC2CC2)C1. The molecular formula is C20H29N3O2S. The largest absolute Gasteiger partial charge is 0.328 e. The molecule has 142 valence electrons. The fraction of sp³-hybridized carbons (Fsp3) is 0.650. The lowest BCUT2D eigenvalue weighted by molar-refractivity contribution is 0.232. The van der Waals surface area contributed by atoms with Crippen LogP contribution in [0.15, 0.2) is 23.1 Å². The van der Waals surface area contributed by atoms with Crippen LogP contribution in [0.2, 0.25) is 0 Å². The van der Waals surface area contributed by atoms with Gasteiger partial charge in [0.1, 0.15) is 5.82 Å². The molecule has 0 radical (unpaired) electrons. The summed E-state index contributed by atoms with van der Waals surface area (Å²) in [6.07, 6.45) is 3.47. The molecule has 1 saturated carbocycles. The Balaban J connectivity index is 1.73. The van der Waals surface area contributed by atoms with Crippen LogP contribution in [0.5, 0.6) is 0 Å². The van der Waals surface area contributed by atoms with Crippen molar-refractivity contribution in [3.05, 3.63) is 24.0 Å². The van der Waals surface area contributed by atoms with Crippen molar-refractivity contribution in [1.82, 2.24) is 14.5 Å². The summed E-state index contributed by atoms with van der Waals surface area (Å²) < 4.78 is 28.0. The van der Waals surface area contributed by atoms with E-state index in [4.69, 9.17) is 4.98 Å². The molecular weight excluding hydrogens is 346 g/mol. The highest BCUT2D eigenvalue weighted by Crippen LogP contribution is 2.34. The quantitative estimate of drug-likeness (QED) is 0.806. The predicted octanol–water partition coefficient (Wildman–Crippen LogP) is 3.12. The molecule has 0 atom stereocenters. The topological polar surface area (TPSA) is 55.2 Å². The molecule has 4 rings (SSSR count). The summed E-state index contributed by atoms with van der Waals surface area (Å²) in [4.78, 5) is 7.31. The highest BCUT2D eigenvalue weighted by atomic mass is 32.2. The highest BCUT2D eigenvalue weighted by Gasteiger charge is 2.36. The minimum Gasteiger partial charge on any atom is -0.328 e. The number of rotatable bonds is 5. The maximum atomic E-state index is 12.9. The Kier molecular flexibility index (Phi) is 4.19. The van der Waals surface area contributed by atoms with Crippen molar-refractivity contribution in [2.45, 2.75) is 56.7 Å². The van der Waals surface area contributed by atoms with Crippen LogP contribution in [0.1, 0.15) is 39.4 Å². The van der Waals surface area contributed by atoms with Gasteiger partial charge in [-0.1, -0.05) is 20.8 Å². The van der Waals surface area contributed by atoms with Gasteiger partial charge in [-0.3, -0.25) is 0 Å². The van der Waals surface area contributed by atoms with Crippen LogP contribution in [0.4, 0.5) is 0 Å². The third-order valence-electron chi connectivity index (χ3n) is 5.42. The van der Waals surface area contributed by atoms with Crippen LogP contribution >= 0.6 is 0 Å². The normalized spacial score (nSPS) is 19.8. The van der Waals surface area contributed by atoms with Gasteiger partial charge in [-0.05, 0) is 49.4 Å². The van der Waals surface area contributed by atoms with Crippen molar-refractivity contribution in [2.24, 2.45) is 11.3 Å². The van der Waals surface area contributed by atoms with Crippen LogP contribution in [0.3, 0.4) is 0 Å². The van der Waals surface area contributed by atoms with Crippen LogP contribution < -0.4 is 0 Å². The van der Waals surface area contributed by atoms with E-state index >= 15 is 0 Å². The number of imidazole rings is 1. The molecule has 5 nitrogen and oxygen atoms in total. The second-order valence-corrected chi connectivity index (χ2v) is 11.6. The monoisotopic (exact) mass is 375 g/mol. The predicted molar refractivity (Wildman–Crippen MR) is 104 cm³/mol. The number of sulfone groups is 1. The van der Waals surface area contributed by atoms with Gasteiger partial charge >= 0.3 is 0 Å². The van der Waals surface area contributed by atoms with Gasteiger partial charge in [-0.25, -0.2) is 13.4 Å². The standard InChI is InChI=1S/C20H29N3O2S/c1-20(2,3)10-19-21-17-9-15(26(24,25)16-12-22(4)13-16)7-8-18(17)23(19)11-14-5-6-14/h7-9,14,16H,5-6,10-13H2,1-4H3. The Labute approximate surface area is 156 Å². The number of benzene rings is 1. The summed E-state index contributed by atoms with van der Waals surface area (Å²) in [5.74, 6) is 1.83.